The maximum atomic E-state index is 11.5. The molecule has 1 aliphatic rings. The Morgan fingerprint density at radius 2 is 2.38 bits per heavy atom. The fraction of sp³-hybridized carbons (Fsp3) is 0.600. The van der Waals surface area contributed by atoms with Crippen molar-refractivity contribution in [3.05, 3.63) is 12.2 Å². The molecule has 3 nitrogen and oxygen atoms in total. The summed E-state index contributed by atoms with van der Waals surface area (Å²) >= 11 is 0. The third-order valence-corrected chi connectivity index (χ3v) is 2.98. The van der Waals surface area contributed by atoms with Crippen LogP contribution in [-0.2, 0) is 9.59 Å². The van der Waals surface area contributed by atoms with Crippen LogP contribution >= 0.6 is 0 Å². The highest BCUT2D eigenvalue weighted by Crippen LogP contribution is 2.38. The van der Waals surface area contributed by atoms with E-state index in [1.54, 1.807) is 13.0 Å². The Morgan fingerprint density at radius 3 is 2.69 bits per heavy atom. The maximum Gasteiger partial charge on any atom is 0.317 e. The topological polar surface area (TPSA) is 54.4 Å². The number of aliphatic carboxylic acids is 1. The summed E-state index contributed by atoms with van der Waals surface area (Å²) in [5.41, 5.74) is -1.17. The van der Waals surface area contributed by atoms with Gasteiger partial charge in [-0.05, 0) is 24.8 Å². The van der Waals surface area contributed by atoms with Crippen molar-refractivity contribution < 1.29 is 14.7 Å². The van der Waals surface area contributed by atoms with Gasteiger partial charge < -0.3 is 5.11 Å². The van der Waals surface area contributed by atoms with Gasteiger partial charge in [0.15, 0.2) is 5.78 Å². The lowest BCUT2D eigenvalue weighted by atomic mass is 9.67. The SMILES string of the molecule is CCC1(C(=O)O)C(=O)C=CCC1C. The first-order valence-electron chi connectivity index (χ1n) is 4.50. The van der Waals surface area contributed by atoms with Crippen LogP contribution in [0.5, 0.6) is 0 Å². The Bertz CT molecular complexity index is 267. The summed E-state index contributed by atoms with van der Waals surface area (Å²) in [7, 11) is 0. The molecule has 0 saturated heterocycles. The third-order valence-electron chi connectivity index (χ3n) is 2.98. The number of carboxylic acids is 1. The smallest absolute Gasteiger partial charge is 0.317 e. The second kappa shape index (κ2) is 3.32. The minimum atomic E-state index is -1.17. The quantitative estimate of drug-likeness (QED) is 0.660. The molecule has 0 aromatic rings. The van der Waals surface area contributed by atoms with E-state index >= 15 is 0 Å². The van der Waals surface area contributed by atoms with E-state index in [0.717, 1.165) is 0 Å². The highest BCUT2D eigenvalue weighted by molar-refractivity contribution is 6.09. The molecule has 0 aliphatic heterocycles. The average Bonchev–Trinajstić information content (AvgIpc) is 2.05. The standard InChI is InChI=1S/C10H14O3/c1-3-10(9(12)13)7(2)5-4-6-8(10)11/h4,6-7H,3,5H2,1-2H3,(H,12,13). The van der Waals surface area contributed by atoms with E-state index < -0.39 is 11.4 Å². The maximum absolute atomic E-state index is 11.5. The van der Waals surface area contributed by atoms with E-state index in [0.29, 0.717) is 12.8 Å². The van der Waals surface area contributed by atoms with Crippen LogP contribution in [0.15, 0.2) is 12.2 Å². The summed E-state index contributed by atoms with van der Waals surface area (Å²) < 4.78 is 0. The molecule has 2 atom stereocenters. The minimum Gasteiger partial charge on any atom is -0.480 e. The van der Waals surface area contributed by atoms with Crippen LogP contribution in [0.3, 0.4) is 0 Å². The molecule has 0 amide bonds. The number of carbonyl (C=O) groups is 2. The van der Waals surface area contributed by atoms with E-state index in [2.05, 4.69) is 0 Å². The molecular formula is C10H14O3. The molecule has 1 N–H and O–H groups in total. The highest BCUT2D eigenvalue weighted by atomic mass is 16.4. The van der Waals surface area contributed by atoms with Gasteiger partial charge >= 0.3 is 5.97 Å². The molecule has 0 spiro atoms. The second-order valence-electron chi connectivity index (χ2n) is 3.53. The van der Waals surface area contributed by atoms with Gasteiger partial charge in [-0.15, -0.1) is 0 Å². The number of carbonyl (C=O) groups excluding carboxylic acids is 1. The number of hydrogen-bond acceptors (Lipinski definition) is 2. The van der Waals surface area contributed by atoms with Crippen molar-refractivity contribution in [1.82, 2.24) is 0 Å². The zero-order valence-electron chi connectivity index (χ0n) is 7.91. The van der Waals surface area contributed by atoms with Crippen LogP contribution in [0.1, 0.15) is 26.7 Å². The van der Waals surface area contributed by atoms with Gasteiger partial charge in [0.05, 0.1) is 0 Å². The lowest BCUT2D eigenvalue weighted by Crippen LogP contribution is -2.45. The molecule has 13 heavy (non-hydrogen) atoms. The van der Waals surface area contributed by atoms with Gasteiger partial charge in [0.1, 0.15) is 5.41 Å². The number of rotatable bonds is 2. The molecule has 2 unspecified atom stereocenters. The summed E-state index contributed by atoms with van der Waals surface area (Å²) in [6.07, 6.45) is 4.19. The Balaban J connectivity index is 3.14. The van der Waals surface area contributed by atoms with Gasteiger partial charge in [-0.2, -0.15) is 0 Å². The Labute approximate surface area is 77.4 Å². The lowest BCUT2D eigenvalue weighted by molar-refractivity contribution is -0.157. The molecule has 0 bridgehead atoms. The van der Waals surface area contributed by atoms with Gasteiger partial charge in [0.2, 0.25) is 0 Å². The molecule has 0 radical (unpaired) electrons. The van der Waals surface area contributed by atoms with Crippen LogP contribution < -0.4 is 0 Å². The summed E-state index contributed by atoms with van der Waals surface area (Å²) in [6, 6.07) is 0. The second-order valence-corrected chi connectivity index (χ2v) is 3.53. The van der Waals surface area contributed by atoms with E-state index in [9.17, 15) is 9.59 Å². The zero-order chi connectivity index (χ0) is 10.1. The van der Waals surface area contributed by atoms with Crippen molar-refractivity contribution in [3.8, 4) is 0 Å². The molecule has 1 aliphatic carbocycles. The molecule has 1 rings (SSSR count). The number of ketones is 1. The van der Waals surface area contributed by atoms with Crippen molar-refractivity contribution in [2.24, 2.45) is 11.3 Å². The first-order chi connectivity index (χ1) is 6.05. The van der Waals surface area contributed by atoms with E-state index in [-0.39, 0.29) is 11.7 Å². The molecule has 0 fully saturated rings. The molecule has 0 aromatic carbocycles. The highest BCUT2D eigenvalue weighted by Gasteiger charge is 2.48. The van der Waals surface area contributed by atoms with Crippen LogP contribution in [-0.4, -0.2) is 16.9 Å². The van der Waals surface area contributed by atoms with Crippen molar-refractivity contribution in [3.63, 3.8) is 0 Å². The fourth-order valence-electron chi connectivity index (χ4n) is 1.96. The average molecular weight is 182 g/mol. The first kappa shape index (κ1) is 9.96. The van der Waals surface area contributed by atoms with E-state index in [4.69, 9.17) is 5.11 Å². The normalized spacial score (nSPS) is 33.4. The number of carboxylic acid groups (broad SMARTS) is 1. The third kappa shape index (κ3) is 1.28. The summed E-state index contributed by atoms with van der Waals surface area (Å²) in [5.74, 6) is -1.36. The number of hydrogen-bond donors (Lipinski definition) is 1. The predicted octanol–water partition coefficient (Wildman–Crippen LogP) is 1.63. The Morgan fingerprint density at radius 1 is 1.77 bits per heavy atom. The van der Waals surface area contributed by atoms with Crippen molar-refractivity contribution >= 4 is 11.8 Å². The number of allylic oxidation sites excluding steroid dienone is 2. The predicted molar refractivity (Wildman–Crippen MR) is 48.3 cm³/mol. The zero-order valence-corrected chi connectivity index (χ0v) is 7.91. The lowest BCUT2D eigenvalue weighted by Gasteiger charge is -2.33. The molecular weight excluding hydrogens is 168 g/mol. The van der Waals surface area contributed by atoms with Gasteiger partial charge in [-0.3, -0.25) is 9.59 Å². The minimum absolute atomic E-state index is 0.104. The van der Waals surface area contributed by atoms with Crippen molar-refractivity contribution in [2.75, 3.05) is 0 Å². The molecule has 0 heterocycles. The summed E-state index contributed by atoms with van der Waals surface area (Å²) in [5, 5.41) is 9.07. The first-order valence-corrected chi connectivity index (χ1v) is 4.50. The van der Waals surface area contributed by atoms with Crippen LogP contribution in [0.25, 0.3) is 0 Å². The Kier molecular flexibility index (Phi) is 2.55. The molecule has 0 saturated carbocycles. The van der Waals surface area contributed by atoms with Gasteiger partial charge in [0, 0.05) is 0 Å². The van der Waals surface area contributed by atoms with Crippen LogP contribution in [0, 0.1) is 11.3 Å². The Hall–Kier alpha value is -1.12. The van der Waals surface area contributed by atoms with E-state index in [1.807, 2.05) is 6.92 Å². The van der Waals surface area contributed by atoms with Gasteiger partial charge in [0.25, 0.3) is 0 Å². The van der Waals surface area contributed by atoms with E-state index in [1.165, 1.54) is 6.08 Å². The van der Waals surface area contributed by atoms with Crippen molar-refractivity contribution in [1.29, 1.82) is 0 Å². The van der Waals surface area contributed by atoms with Crippen LogP contribution in [0.2, 0.25) is 0 Å². The largest absolute Gasteiger partial charge is 0.480 e. The fourth-order valence-corrected chi connectivity index (χ4v) is 1.96. The van der Waals surface area contributed by atoms with Crippen LogP contribution in [0.4, 0.5) is 0 Å². The molecule has 3 heteroatoms. The van der Waals surface area contributed by atoms with Crippen molar-refractivity contribution in [2.45, 2.75) is 26.7 Å². The van der Waals surface area contributed by atoms with Gasteiger partial charge in [-0.25, -0.2) is 0 Å². The summed E-state index contributed by atoms with van der Waals surface area (Å²) in [4.78, 5) is 22.6. The summed E-state index contributed by atoms with van der Waals surface area (Å²) in [6.45, 7) is 3.57. The monoisotopic (exact) mass is 182 g/mol. The van der Waals surface area contributed by atoms with Gasteiger partial charge in [-0.1, -0.05) is 19.9 Å². The molecule has 0 aromatic heterocycles. The molecule has 72 valence electrons.